The fourth-order valence-electron chi connectivity index (χ4n) is 3.42. The minimum absolute atomic E-state index is 0.133. The van der Waals surface area contributed by atoms with E-state index in [2.05, 4.69) is 10.6 Å². The number of halogens is 2. The highest BCUT2D eigenvalue weighted by atomic mass is 35.5. The van der Waals surface area contributed by atoms with E-state index in [1.165, 1.54) is 11.8 Å². The summed E-state index contributed by atoms with van der Waals surface area (Å²) < 4.78 is 11.8. The highest BCUT2D eigenvalue weighted by Crippen LogP contribution is 2.34. The molecule has 4 rings (SSSR count). The number of thioether (sulfide) groups is 1. The van der Waals surface area contributed by atoms with E-state index < -0.39 is 0 Å². The summed E-state index contributed by atoms with van der Waals surface area (Å²) in [5, 5.41) is 7.62. The Morgan fingerprint density at radius 2 is 1.88 bits per heavy atom. The van der Waals surface area contributed by atoms with Crippen molar-refractivity contribution in [3.8, 4) is 11.5 Å². The molecule has 1 unspecified atom stereocenters. The highest BCUT2D eigenvalue weighted by molar-refractivity contribution is 8.05. The molecule has 0 spiro atoms. The summed E-state index contributed by atoms with van der Waals surface area (Å²) in [7, 11) is 0. The van der Waals surface area contributed by atoms with Gasteiger partial charge in [-0.15, -0.1) is 0 Å². The maximum absolute atomic E-state index is 12.6. The topological polar surface area (TPSA) is 59.6 Å². The van der Waals surface area contributed by atoms with Crippen molar-refractivity contribution in [3.63, 3.8) is 0 Å². The molecule has 1 amide bonds. The Labute approximate surface area is 213 Å². The number of ether oxygens (including phenoxy) is 2. The maximum Gasteiger partial charge on any atom is 0.260 e. The number of carbonyl (C=O) groups excluding carboxylic acids is 1. The van der Waals surface area contributed by atoms with Crippen LogP contribution in [-0.4, -0.2) is 18.0 Å². The quantitative estimate of drug-likeness (QED) is 0.321. The number of carbonyl (C=O) groups is 1. The molecular weight excluding hydrogens is 491 g/mol. The molecule has 1 aliphatic heterocycles. The number of hydrogen-bond acceptors (Lipinski definition) is 5. The summed E-state index contributed by atoms with van der Waals surface area (Å²) in [6.45, 7) is 4.70. The van der Waals surface area contributed by atoms with Crippen LogP contribution >= 0.6 is 35.0 Å². The van der Waals surface area contributed by atoms with Crippen LogP contribution < -0.4 is 20.1 Å². The molecule has 3 aromatic carbocycles. The molecule has 8 heteroatoms. The van der Waals surface area contributed by atoms with Crippen molar-refractivity contribution in [2.24, 2.45) is 0 Å². The summed E-state index contributed by atoms with van der Waals surface area (Å²) in [6, 6.07) is 18.8. The van der Waals surface area contributed by atoms with E-state index in [0.29, 0.717) is 39.7 Å². The van der Waals surface area contributed by atoms with E-state index in [-0.39, 0.29) is 11.4 Å². The average molecular weight is 515 g/mol. The average Bonchev–Trinajstić information content (AvgIpc) is 3.15. The first-order valence-electron chi connectivity index (χ1n) is 10.8. The van der Waals surface area contributed by atoms with E-state index in [9.17, 15) is 4.79 Å². The third-order valence-electron chi connectivity index (χ3n) is 5.11. The molecule has 176 valence electrons. The number of hydrogen-bond donors (Lipinski definition) is 2. The third kappa shape index (κ3) is 6.00. The van der Waals surface area contributed by atoms with Crippen molar-refractivity contribution in [2.75, 3.05) is 11.9 Å². The van der Waals surface area contributed by atoms with Gasteiger partial charge < -0.3 is 20.1 Å². The Kier molecular flexibility index (Phi) is 7.93. The number of anilines is 1. The van der Waals surface area contributed by atoms with Gasteiger partial charge in [0.25, 0.3) is 5.91 Å². The van der Waals surface area contributed by atoms with Gasteiger partial charge in [-0.25, -0.2) is 0 Å². The smallest absolute Gasteiger partial charge is 0.260 e. The van der Waals surface area contributed by atoms with Crippen LogP contribution in [0.3, 0.4) is 0 Å². The lowest BCUT2D eigenvalue weighted by molar-refractivity contribution is -0.116. The maximum atomic E-state index is 12.6. The molecule has 1 atom stereocenters. The minimum Gasteiger partial charge on any atom is -0.490 e. The largest absolute Gasteiger partial charge is 0.490 e. The standard InChI is InChI=1S/C26H24Cl2N2O3S/c1-3-32-23-13-17(8-11-22(23)33-15-18-6-4-5-7-20(18)28)14-24-25(31)30-26(34-24)29-21-10-9-19(27)12-16(21)2/h4-14,26,29H,3,15H2,1-2H3,(H,30,31)/b24-14-. The third-order valence-corrected chi connectivity index (χ3v) is 6.74. The summed E-state index contributed by atoms with van der Waals surface area (Å²) in [6.07, 6.45) is 1.84. The Morgan fingerprint density at radius 3 is 2.65 bits per heavy atom. The SMILES string of the molecule is CCOc1cc(/C=C2\SC(Nc3ccc(Cl)cc3C)NC2=O)ccc1OCc1ccccc1Cl. The Hall–Kier alpha value is -2.80. The van der Waals surface area contributed by atoms with Gasteiger partial charge in [-0.2, -0.15) is 0 Å². The molecule has 34 heavy (non-hydrogen) atoms. The zero-order chi connectivity index (χ0) is 24.1. The summed E-state index contributed by atoms with van der Waals surface area (Å²) in [5.41, 5.74) is 3.39. The number of benzene rings is 3. The first kappa shape index (κ1) is 24.3. The van der Waals surface area contributed by atoms with Crippen molar-refractivity contribution >= 4 is 52.6 Å². The predicted molar refractivity (Wildman–Crippen MR) is 141 cm³/mol. The van der Waals surface area contributed by atoms with Gasteiger partial charge in [-0.3, -0.25) is 4.79 Å². The van der Waals surface area contributed by atoms with Crippen LogP contribution in [0, 0.1) is 6.92 Å². The second kappa shape index (κ2) is 11.1. The number of aryl methyl sites for hydroxylation is 1. The Balaban J connectivity index is 1.47. The number of rotatable bonds is 8. The minimum atomic E-state index is -0.275. The molecule has 2 N–H and O–H groups in total. The van der Waals surface area contributed by atoms with E-state index in [1.54, 1.807) is 0 Å². The summed E-state index contributed by atoms with van der Waals surface area (Å²) in [5.74, 6) is 1.09. The Morgan fingerprint density at radius 1 is 1.06 bits per heavy atom. The molecule has 1 fully saturated rings. The Bertz CT molecular complexity index is 1230. The molecule has 0 radical (unpaired) electrons. The van der Waals surface area contributed by atoms with Gasteiger partial charge in [0.15, 0.2) is 17.0 Å². The zero-order valence-electron chi connectivity index (χ0n) is 18.7. The van der Waals surface area contributed by atoms with Crippen LogP contribution in [0.25, 0.3) is 6.08 Å². The van der Waals surface area contributed by atoms with Crippen LogP contribution in [0.2, 0.25) is 10.0 Å². The van der Waals surface area contributed by atoms with Gasteiger partial charge in [-0.1, -0.05) is 59.2 Å². The lowest BCUT2D eigenvalue weighted by atomic mass is 10.2. The molecule has 5 nitrogen and oxygen atoms in total. The van der Waals surface area contributed by atoms with Crippen LogP contribution in [0.15, 0.2) is 65.6 Å². The summed E-state index contributed by atoms with van der Waals surface area (Å²) >= 11 is 13.7. The van der Waals surface area contributed by atoms with Gasteiger partial charge >= 0.3 is 0 Å². The van der Waals surface area contributed by atoms with E-state index in [0.717, 1.165) is 22.4 Å². The van der Waals surface area contributed by atoms with Gasteiger partial charge in [0.1, 0.15) is 6.61 Å². The van der Waals surface area contributed by atoms with Crippen LogP contribution in [0.4, 0.5) is 5.69 Å². The molecule has 1 heterocycles. The number of amides is 1. The fraction of sp³-hybridized carbons (Fsp3) is 0.192. The van der Waals surface area contributed by atoms with Gasteiger partial charge in [0.2, 0.25) is 0 Å². The second-order valence-corrected chi connectivity index (χ2v) is 9.59. The first-order valence-corrected chi connectivity index (χ1v) is 12.4. The normalized spacial score (nSPS) is 16.4. The first-order chi connectivity index (χ1) is 16.4. The zero-order valence-corrected chi connectivity index (χ0v) is 21.1. The summed E-state index contributed by atoms with van der Waals surface area (Å²) in [4.78, 5) is 13.2. The molecular formula is C26H24Cl2N2O3S. The number of nitrogens with one attached hydrogen (secondary N) is 2. The molecule has 3 aromatic rings. The highest BCUT2D eigenvalue weighted by Gasteiger charge is 2.27. The van der Waals surface area contributed by atoms with Gasteiger partial charge in [0, 0.05) is 21.3 Å². The van der Waals surface area contributed by atoms with Crippen LogP contribution in [0.5, 0.6) is 11.5 Å². The molecule has 0 aliphatic carbocycles. The molecule has 1 aliphatic rings. The lowest BCUT2D eigenvalue weighted by Gasteiger charge is -2.15. The molecule has 0 saturated carbocycles. The second-order valence-electron chi connectivity index (χ2n) is 7.60. The van der Waals surface area contributed by atoms with Crippen molar-refractivity contribution in [2.45, 2.75) is 26.0 Å². The van der Waals surface area contributed by atoms with Crippen molar-refractivity contribution in [3.05, 3.63) is 92.3 Å². The predicted octanol–water partition coefficient (Wildman–Crippen LogP) is 6.88. The molecule has 0 aromatic heterocycles. The van der Waals surface area contributed by atoms with Crippen molar-refractivity contribution < 1.29 is 14.3 Å². The molecule has 0 bridgehead atoms. The molecule has 1 saturated heterocycles. The van der Waals surface area contributed by atoms with E-state index >= 15 is 0 Å². The van der Waals surface area contributed by atoms with Crippen LogP contribution in [-0.2, 0) is 11.4 Å². The fourth-order valence-corrected chi connectivity index (χ4v) is 4.81. The van der Waals surface area contributed by atoms with Gasteiger partial charge in [0.05, 0.1) is 11.5 Å². The monoisotopic (exact) mass is 514 g/mol. The van der Waals surface area contributed by atoms with Crippen molar-refractivity contribution in [1.29, 1.82) is 0 Å². The van der Waals surface area contributed by atoms with Crippen molar-refractivity contribution in [1.82, 2.24) is 5.32 Å². The van der Waals surface area contributed by atoms with E-state index in [4.69, 9.17) is 32.7 Å². The van der Waals surface area contributed by atoms with E-state index in [1.807, 2.05) is 80.6 Å². The lowest BCUT2D eigenvalue weighted by Crippen LogP contribution is -2.31. The van der Waals surface area contributed by atoms with Crippen LogP contribution in [0.1, 0.15) is 23.6 Å². The van der Waals surface area contributed by atoms with Gasteiger partial charge in [-0.05, 0) is 67.4 Å².